The van der Waals surface area contributed by atoms with Gasteiger partial charge in [0, 0.05) is 4.47 Å². The predicted molar refractivity (Wildman–Crippen MR) is 73.9 cm³/mol. The van der Waals surface area contributed by atoms with Crippen molar-refractivity contribution in [2.75, 3.05) is 0 Å². The Bertz CT molecular complexity index is 467. The third-order valence-electron chi connectivity index (χ3n) is 2.81. The fraction of sp³-hybridized carbons (Fsp3) is 0.200. The molecule has 0 amide bonds. The van der Waals surface area contributed by atoms with Gasteiger partial charge in [-0.25, -0.2) is 0 Å². The van der Waals surface area contributed by atoms with Crippen molar-refractivity contribution >= 4 is 15.9 Å². The van der Waals surface area contributed by atoms with E-state index >= 15 is 0 Å². The molecule has 1 nitrogen and oxygen atoms in total. The lowest BCUT2D eigenvalue weighted by Crippen LogP contribution is -2.00. The van der Waals surface area contributed by atoms with E-state index in [0.29, 0.717) is 0 Å². The van der Waals surface area contributed by atoms with Crippen LogP contribution < -0.4 is 0 Å². The van der Waals surface area contributed by atoms with Gasteiger partial charge in [0.1, 0.15) is 0 Å². The molecule has 2 aromatic rings. The summed E-state index contributed by atoms with van der Waals surface area (Å²) in [5.74, 6) is 0. The highest BCUT2D eigenvalue weighted by atomic mass is 79.9. The van der Waals surface area contributed by atoms with Gasteiger partial charge in [0.05, 0.1) is 6.10 Å². The van der Waals surface area contributed by atoms with Crippen molar-refractivity contribution in [2.45, 2.75) is 18.9 Å². The van der Waals surface area contributed by atoms with Gasteiger partial charge in [-0.3, -0.25) is 0 Å². The minimum Gasteiger partial charge on any atom is -0.388 e. The topological polar surface area (TPSA) is 20.2 Å². The Balaban J connectivity index is 1.99. The van der Waals surface area contributed by atoms with E-state index in [1.165, 1.54) is 5.56 Å². The summed E-state index contributed by atoms with van der Waals surface area (Å²) in [5, 5.41) is 10.1. The number of hydrogen-bond donors (Lipinski definition) is 1. The molecule has 88 valence electrons. The van der Waals surface area contributed by atoms with Crippen LogP contribution >= 0.6 is 15.9 Å². The molecule has 1 atom stereocenters. The molecule has 0 spiro atoms. The Kier molecular flexibility index (Phi) is 4.35. The molecule has 0 bridgehead atoms. The van der Waals surface area contributed by atoms with Crippen LogP contribution in [0.5, 0.6) is 0 Å². The molecule has 1 N–H and O–H groups in total. The summed E-state index contributed by atoms with van der Waals surface area (Å²) in [6.07, 6.45) is 1.22. The molecular weight excluding hydrogens is 276 g/mol. The molecule has 0 aliphatic rings. The van der Waals surface area contributed by atoms with Crippen LogP contribution in [0.1, 0.15) is 23.7 Å². The third kappa shape index (κ3) is 3.42. The Labute approximate surface area is 110 Å². The number of benzene rings is 2. The van der Waals surface area contributed by atoms with Crippen LogP contribution in [-0.2, 0) is 6.42 Å². The molecule has 2 aromatic carbocycles. The van der Waals surface area contributed by atoms with Crippen molar-refractivity contribution in [2.24, 2.45) is 0 Å². The van der Waals surface area contributed by atoms with Crippen molar-refractivity contribution in [3.63, 3.8) is 0 Å². The van der Waals surface area contributed by atoms with Crippen molar-refractivity contribution in [3.05, 3.63) is 70.2 Å². The van der Waals surface area contributed by atoms with E-state index in [-0.39, 0.29) is 0 Å². The van der Waals surface area contributed by atoms with E-state index in [4.69, 9.17) is 0 Å². The van der Waals surface area contributed by atoms with E-state index in [1.807, 2.05) is 42.5 Å². The van der Waals surface area contributed by atoms with Gasteiger partial charge in [-0.2, -0.15) is 0 Å². The summed E-state index contributed by atoms with van der Waals surface area (Å²) in [5.41, 5.74) is 2.22. The zero-order valence-corrected chi connectivity index (χ0v) is 11.1. The van der Waals surface area contributed by atoms with Gasteiger partial charge >= 0.3 is 0 Å². The van der Waals surface area contributed by atoms with Crippen molar-refractivity contribution < 1.29 is 5.11 Å². The second-order valence-electron chi connectivity index (χ2n) is 4.06. The van der Waals surface area contributed by atoms with E-state index in [2.05, 4.69) is 28.1 Å². The summed E-state index contributed by atoms with van der Waals surface area (Å²) in [4.78, 5) is 0. The summed E-state index contributed by atoms with van der Waals surface area (Å²) in [7, 11) is 0. The highest BCUT2D eigenvalue weighted by Crippen LogP contribution is 2.26. The van der Waals surface area contributed by atoms with Crippen LogP contribution in [0.2, 0.25) is 0 Å². The summed E-state index contributed by atoms with van der Waals surface area (Å²) >= 11 is 3.46. The standard InChI is InChI=1S/C15H15BrO/c16-14-9-5-4-8-13(14)15(17)11-10-12-6-2-1-3-7-12/h1-9,15,17H,10-11H2. The van der Waals surface area contributed by atoms with Gasteiger partial charge < -0.3 is 5.11 Å². The molecule has 0 heterocycles. The summed E-state index contributed by atoms with van der Waals surface area (Å²) in [6.45, 7) is 0. The Morgan fingerprint density at radius 2 is 1.59 bits per heavy atom. The third-order valence-corrected chi connectivity index (χ3v) is 3.54. The van der Waals surface area contributed by atoms with Crippen LogP contribution in [0, 0.1) is 0 Å². The molecule has 0 saturated carbocycles. The van der Waals surface area contributed by atoms with Gasteiger partial charge in [-0.1, -0.05) is 64.5 Å². The van der Waals surface area contributed by atoms with Crippen molar-refractivity contribution in [3.8, 4) is 0 Å². The van der Waals surface area contributed by atoms with Gasteiger partial charge in [0.25, 0.3) is 0 Å². The molecule has 2 heteroatoms. The maximum Gasteiger partial charge on any atom is 0.0804 e. The number of hydrogen-bond acceptors (Lipinski definition) is 1. The van der Waals surface area contributed by atoms with Crippen molar-refractivity contribution in [1.29, 1.82) is 0 Å². The zero-order valence-electron chi connectivity index (χ0n) is 9.51. The minimum absolute atomic E-state index is 0.411. The largest absolute Gasteiger partial charge is 0.388 e. The van der Waals surface area contributed by atoms with E-state index in [9.17, 15) is 5.11 Å². The smallest absolute Gasteiger partial charge is 0.0804 e. The Morgan fingerprint density at radius 1 is 0.941 bits per heavy atom. The fourth-order valence-electron chi connectivity index (χ4n) is 1.85. The monoisotopic (exact) mass is 290 g/mol. The lowest BCUT2D eigenvalue weighted by molar-refractivity contribution is 0.167. The molecule has 0 saturated heterocycles. The second-order valence-corrected chi connectivity index (χ2v) is 4.92. The molecule has 17 heavy (non-hydrogen) atoms. The highest BCUT2D eigenvalue weighted by Gasteiger charge is 2.10. The second kappa shape index (κ2) is 5.99. The van der Waals surface area contributed by atoms with Gasteiger partial charge in [0.15, 0.2) is 0 Å². The number of aliphatic hydroxyl groups is 1. The number of aliphatic hydroxyl groups excluding tert-OH is 1. The van der Waals surface area contributed by atoms with E-state index in [0.717, 1.165) is 22.9 Å². The van der Waals surface area contributed by atoms with Crippen LogP contribution in [0.25, 0.3) is 0 Å². The van der Waals surface area contributed by atoms with Gasteiger partial charge in [-0.15, -0.1) is 0 Å². The molecule has 1 unspecified atom stereocenters. The lowest BCUT2D eigenvalue weighted by atomic mass is 10.0. The Hall–Kier alpha value is -1.12. The maximum absolute atomic E-state index is 10.1. The number of halogens is 1. The maximum atomic E-state index is 10.1. The molecule has 0 aliphatic carbocycles. The zero-order chi connectivity index (χ0) is 12.1. The van der Waals surface area contributed by atoms with Gasteiger partial charge in [0.2, 0.25) is 0 Å². The predicted octanol–water partition coefficient (Wildman–Crippen LogP) is 4.12. The summed E-state index contributed by atoms with van der Waals surface area (Å²) in [6, 6.07) is 18.1. The van der Waals surface area contributed by atoms with Crippen LogP contribution in [0.4, 0.5) is 0 Å². The molecule has 0 aliphatic heterocycles. The summed E-state index contributed by atoms with van der Waals surface area (Å²) < 4.78 is 0.973. The molecule has 0 fully saturated rings. The normalized spacial score (nSPS) is 12.4. The highest BCUT2D eigenvalue weighted by molar-refractivity contribution is 9.10. The average molecular weight is 291 g/mol. The van der Waals surface area contributed by atoms with Crippen LogP contribution in [-0.4, -0.2) is 5.11 Å². The minimum atomic E-state index is -0.411. The van der Waals surface area contributed by atoms with Gasteiger partial charge in [-0.05, 0) is 30.0 Å². The quantitative estimate of drug-likeness (QED) is 0.898. The molecule has 2 rings (SSSR count). The first kappa shape index (κ1) is 12.3. The number of rotatable bonds is 4. The molecular formula is C15H15BrO. The fourth-order valence-corrected chi connectivity index (χ4v) is 2.40. The number of aryl methyl sites for hydroxylation is 1. The van der Waals surface area contributed by atoms with Crippen LogP contribution in [0.3, 0.4) is 0 Å². The first-order valence-electron chi connectivity index (χ1n) is 5.74. The first-order valence-corrected chi connectivity index (χ1v) is 6.53. The Morgan fingerprint density at radius 3 is 2.29 bits per heavy atom. The lowest BCUT2D eigenvalue weighted by Gasteiger charge is -2.12. The molecule has 0 aromatic heterocycles. The first-order chi connectivity index (χ1) is 8.27. The van der Waals surface area contributed by atoms with E-state index < -0.39 is 6.10 Å². The van der Waals surface area contributed by atoms with Crippen LogP contribution in [0.15, 0.2) is 59.1 Å². The van der Waals surface area contributed by atoms with E-state index in [1.54, 1.807) is 0 Å². The van der Waals surface area contributed by atoms with Crippen molar-refractivity contribution in [1.82, 2.24) is 0 Å². The average Bonchev–Trinajstić information content (AvgIpc) is 2.38. The SMILES string of the molecule is OC(CCc1ccccc1)c1ccccc1Br. The molecule has 0 radical (unpaired) electrons.